The number of carbonyl (C=O) groups excluding carboxylic acids is 1. The molecule has 2 heteroatoms. The zero-order valence-electron chi connectivity index (χ0n) is 6.33. The van der Waals surface area contributed by atoms with Crippen molar-refractivity contribution in [1.29, 1.82) is 0 Å². The third kappa shape index (κ3) is 1.58. The van der Waals surface area contributed by atoms with E-state index in [4.69, 9.17) is 0 Å². The number of rotatable bonds is 2. The van der Waals surface area contributed by atoms with Gasteiger partial charge in [0.25, 0.3) is 0 Å². The minimum atomic E-state index is -0.181. The molecule has 0 saturated heterocycles. The maximum absolute atomic E-state index is 11.0. The molecular formula is C9H9O2. The molecule has 0 saturated carbocycles. The van der Waals surface area contributed by atoms with Gasteiger partial charge in [-0.15, -0.1) is 0 Å². The van der Waals surface area contributed by atoms with Gasteiger partial charge < -0.3 is 0 Å². The molecule has 1 radical (unpaired) electrons. The van der Waals surface area contributed by atoms with E-state index in [1.165, 1.54) is 6.07 Å². The van der Waals surface area contributed by atoms with Crippen molar-refractivity contribution < 1.29 is 9.90 Å². The molecule has 0 fully saturated rings. The second kappa shape index (κ2) is 3.19. The van der Waals surface area contributed by atoms with Crippen molar-refractivity contribution in [2.45, 2.75) is 13.3 Å². The van der Waals surface area contributed by atoms with Crippen LogP contribution in [0.3, 0.4) is 0 Å². The van der Waals surface area contributed by atoms with Gasteiger partial charge in [0.1, 0.15) is 0 Å². The Labute approximate surface area is 65.5 Å². The number of para-hydroxylation sites is 1. The summed E-state index contributed by atoms with van der Waals surface area (Å²) in [5.41, 5.74) is 0.301. The molecule has 0 aliphatic carbocycles. The predicted octanol–water partition coefficient (Wildman–Crippen LogP) is 2.42. The van der Waals surface area contributed by atoms with E-state index in [0.29, 0.717) is 12.0 Å². The number of benzene rings is 1. The van der Waals surface area contributed by atoms with Crippen LogP contribution in [0.5, 0.6) is 5.75 Å². The van der Waals surface area contributed by atoms with E-state index in [0.717, 1.165) is 0 Å². The van der Waals surface area contributed by atoms with E-state index in [2.05, 4.69) is 0 Å². The fraction of sp³-hybridized carbons (Fsp3) is 0.222. The number of hydrogen-bond donors (Lipinski definition) is 0. The minimum absolute atomic E-state index is 0.0874. The Morgan fingerprint density at radius 3 is 2.55 bits per heavy atom. The first-order chi connectivity index (χ1) is 5.25. The van der Waals surface area contributed by atoms with Crippen LogP contribution >= 0.6 is 0 Å². The number of ketones is 1. The molecule has 0 unspecified atom stereocenters. The van der Waals surface area contributed by atoms with Crippen LogP contribution < -0.4 is 0 Å². The highest BCUT2D eigenvalue weighted by Gasteiger charge is 2.07. The first-order valence-corrected chi connectivity index (χ1v) is 3.55. The largest absolute Gasteiger partial charge is 0.294 e. The summed E-state index contributed by atoms with van der Waals surface area (Å²) in [6.07, 6.45) is 0.388. The Bertz CT molecular complexity index is 266. The zero-order valence-corrected chi connectivity index (χ0v) is 6.33. The molecule has 0 spiro atoms. The van der Waals surface area contributed by atoms with E-state index in [1.807, 2.05) is 0 Å². The standard InChI is InChI=1S/C9H9O2/c1-2-8(10)7-5-3-4-6-9(7)11/h3-6H,2H2,1H3. The molecule has 0 aliphatic heterocycles. The van der Waals surface area contributed by atoms with Crippen LogP contribution in [0.15, 0.2) is 24.3 Å². The molecular weight excluding hydrogens is 140 g/mol. The SMILES string of the molecule is CCC(=O)c1ccccc1[O]. The molecule has 1 rings (SSSR count). The van der Waals surface area contributed by atoms with Crippen molar-refractivity contribution >= 4 is 5.78 Å². The highest BCUT2D eigenvalue weighted by atomic mass is 16.3. The molecule has 0 amide bonds. The van der Waals surface area contributed by atoms with Gasteiger partial charge in [-0.2, -0.15) is 0 Å². The number of Topliss-reactive ketones (excluding diaryl/α,β-unsaturated/α-hetero) is 1. The third-order valence-electron chi connectivity index (χ3n) is 1.51. The highest BCUT2D eigenvalue weighted by Crippen LogP contribution is 2.17. The summed E-state index contributed by atoms with van der Waals surface area (Å²) in [6, 6.07) is 6.30. The summed E-state index contributed by atoms with van der Waals surface area (Å²) in [5, 5.41) is 11.0. The van der Waals surface area contributed by atoms with Crippen LogP contribution in [0, 0.1) is 0 Å². The topological polar surface area (TPSA) is 37.0 Å². The minimum Gasteiger partial charge on any atom is -0.294 e. The van der Waals surface area contributed by atoms with E-state index in [1.54, 1.807) is 25.1 Å². The second-order valence-corrected chi connectivity index (χ2v) is 2.27. The maximum atomic E-state index is 11.0. The average molecular weight is 149 g/mol. The molecule has 0 bridgehead atoms. The van der Waals surface area contributed by atoms with Crippen LogP contribution in [-0.2, 0) is 5.11 Å². The molecule has 2 nitrogen and oxygen atoms in total. The van der Waals surface area contributed by atoms with Crippen LogP contribution in [0.25, 0.3) is 0 Å². The van der Waals surface area contributed by atoms with Crippen LogP contribution in [0.4, 0.5) is 0 Å². The van der Waals surface area contributed by atoms with Crippen molar-refractivity contribution in [3.8, 4) is 5.75 Å². The van der Waals surface area contributed by atoms with E-state index < -0.39 is 0 Å². The summed E-state index contributed by atoms with van der Waals surface area (Å²) < 4.78 is 0. The maximum Gasteiger partial charge on any atom is 0.189 e. The van der Waals surface area contributed by atoms with Crippen molar-refractivity contribution in [2.75, 3.05) is 0 Å². The van der Waals surface area contributed by atoms with Crippen molar-refractivity contribution in [2.24, 2.45) is 0 Å². The van der Waals surface area contributed by atoms with Crippen LogP contribution in [0.2, 0.25) is 0 Å². The number of carbonyl (C=O) groups is 1. The van der Waals surface area contributed by atoms with Gasteiger partial charge in [-0.25, -0.2) is 0 Å². The van der Waals surface area contributed by atoms with Gasteiger partial charge in [0.15, 0.2) is 11.5 Å². The fourth-order valence-electron chi connectivity index (χ4n) is 0.887. The van der Waals surface area contributed by atoms with Gasteiger partial charge in [0.05, 0.1) is 5.56 Å². The third-order valence-corrected chi connectivity index (χ3v) is 1.51. The summed E-state index contributed by atoms with van der Waals surface area (Å²) in [4.78, 5) is 11.0. The van der Waals surface area contributed by atoms with E-state index in [9.17, 15) is 9.90 Å². The first-order valence-electron chi connectivity index (χ1n) is 3.55. The van der Waals surface area contributed by atoms with Crippen molar-refractivity contribution in [3.63, 3.8) is 0 Å². The van der Waals surface area contributed by atoms with Crippen LogP contribution in [0.1, 0.15) is 23.7 Å². The number of hydrogen-bond acceptors (Lipinski definition) is 1. The van der Waals surface area contributed by atoms with Crippen molar-refractivity contribution in [3.05, 3.63) is 29.8 Å². The van der Waals surface area contributed by atoms with Gasteiger partial charge in [0, 0.05) is 6.42 Å². The Morgan fingerprint density at radius 1 is 1.36 bits per heavy atom. The Kier molecular flexibility index (Phi) is 2.26. The lowest BCUT2D eigenvalue weighted by Gasteiger charge is -1.96. The molecule has 0 atom stereocenters. The average Bonchev–Trinajstić information content (AvgIpc) is 2.04. The summed E-state index contributed by atoms with van der Waals surface area (Å²) in [5.74, 6) is -0.269. The lowest BCUT2D eigenvalue weighted by Crippen LogP contribution is -1.95. The molecule has 1 aromatic carbocycles. The molecule has 11 heavy (non-hydrogen) atoms. The van der Waals surface area contributed by atoms with Gasteiger partial charge in [-0.3, -0.25) is 9.90 Å². The Hall–Kier alpha value is -1.31. The molecule has 1 aromatic rings. The molecule has 0 aromatic heterocycles. The second-order valence-electron chi connectivity index (χ2n) is 2.27. The molecule has 57 valence electrons. The zero-order chi connectivity index (χ0) is 8.27. The van der Waals surface area contributed by atoms with Crippen LogP contribution in [-0.4, -0.2) is 5.78 Å². The molecule has 0 aliphatic rings. The van der Waals surface area contributed by atoms with E-state index >= 15 is 0 Å². The Balaban J connectivity index is 3.03. The van der Waals surface area contributed by atoms with Gasteiger partial charge in [-0.1, -0.05) is 19.1 Å². The smallest absolute Gasteiger partial charge is 0.189 e. The normalized spacial score (nSPS) is 9.55. The monoisotopic (exact) mass is 149 g/mol. The van der Waals surface area contributed by atoms with Gasteiger partial charge >= 0.3 is 0 Å². The van der Waals surface area contributed by atoms with Gasteiger partial charge in [0.2, 0.25) is 0 Å². The van der Waals surface area contributed by atoms with Gasteiger partial charge in [-0.05, 0) is 12.1 Å². The fourth-order valence-corrected chi connectivity index (χ4v) is 0.887. The highest BCUT2D eigenvalue weighted by molar-refractivity contribution is 5.98. The molecule has 0 heterocycles. The first kappa shape index (κ1) is 7.79. The summed E-state index contributed by atoms with van der Waals surface area (Å²) >= 11 is 0. The summed E-state index contributed by atoms with van der Waals surface area (Å²) in [6.45, 7) is 1.74. The molecule has 0 N–H and O–H groups in total. The van der Waals surface area contributed by atoms with E-state index in [-0.39, 0.29) is 11.5 Å². The quantitative estimate of drug-likeness (QED) is 0.595. The Morgan fingerprint density at radius 2 is 2.00 bits per heavy atom. The predicted molar refractivity (Wildman–Crippen MR) is 41.2 cm³/mol. The lowest BCUT2D eigenvalue weighted by molar-refractivity contribution is 0.0984. The van der Waals surface area contributed by atoms with Crippen molar-refractivity contribution in [1.82, 2.24) is 0 Å². The summed E-state index contributed by atoms with van der Waals surface area (Å²) in [7, 11) is 0. The lowest BCUT2D eigenvalue weighted by atomic mass is 10.1.